The summed E-state index contributed by atoms with van der Waals surface area (Å²) in [6.07, 6.45) is 1.06. The van der Waals surface area contributed by atoms with Crippen molar-refractivity contribution in [3.63, 3.8) is 0 Å². The van der Waals surface area contributed by atoms with Gasteiger partial charge in [0, 0.05) is 16.3 Å². The van der Waals surface area contributed by atoms with E-state index < -0.39 is 0 Å². The molecule has 0 atom stereocenters. The van der Waals surface area contributed by atoms with E-state index in [2.05, 4.69) is 70.7 Å². The zero-order valence-corrected chi connectivity index (χ0v) is 12.8. The van der Waals surface area contributed by atoms with Crippen molar-refractivity contribution in [2.75, 3.05) is 6.54 Å². The second kappa shape index (κ2) is 6.84. The van der Waals surface area contributed by atoms with Crippen molar-refractivity contribution in [3.05, 3.63) is 80.7 Å². The van der Waals surface area contributed by atoms with E-state index in [1.165, 1.54) is 15.3 Å². The molecule has 2 heterocycles. The molecule has 0 aliphatic carbocycles. The molecule has 1 N–H and O–H groups in total. The van der Waals surface area contributed by atoms with Gasteiger partial charge in [0.2, 0.25) is 0 Å². The average Bonchev–Trinajstić information content (AvgIpc) is 3.18. The Morgan fingerprint density at radius 1 is 0.800 bits per heavy atom. The maximum atomic E-state index is 3.69. The first-order valence-corrected chi connectivity index (χ1v) is 8.53. The van der Waals surface area contributed by atoms with Gasteiger partial charge in [0.15, 0.2) is 0 Å². The minimum absolute atomic E-state index is 0.332. The van der Waals surface area contributed by atoms with Crippen LogP contribution >= 0.6 is 22.7 Å². The fraction of sp³-hybridized carbons (Fsp3) is 0.176. The van der Waals surface area contributed by atoms with Crippen molar-refractivity contribution in [1.82, 2.24) is 5.32 Å². The van der Waals surface area contributed by atoms with Gasteiger partial charge in [-0.2, -0.15) is 0 Å². The Balaban J connectivity index is 1.66. The van der Waals surface area contributed by atoms with E-state index in [9.17, 15) is 0 Å². The van der Waals surface area contributed by atoms with E-state index in [0.717, 1.165) is 13.0 Å². The lowest BCUT2D eigenvalue weighted by Gasteiger charge is -2.16. The van der Waals surface area contributed by atoms with Crippen molar-refractivity contribution in [2.24, 2.45) is 0 Å². The summed E-state index contributed by atoms with van der Waals surface area (Å²) < 4.78 is 0. The third-order valence-electron chi connectivity index (χ3n) is 3.26. The van der Waals surface area contributed by atoms with Crippen molar-refractivity contribution in [1.29, 1.82) is 0 Å². The van der Waals surface area contributed by atoms with Crippen molar-refractivity contribution >= 4 is 22.7 Å². The predicted octanol–water partition coefficient (Wildman–Crippen LogP) is 4.73. The van der Waals surface area contributed by atoms with E-state index >= 15 is 0 Å². The van der Waals surface area contributed by atoms with Gasteiger partial charge in [-0.15, -0.1) is 22.7 Å². The van der Waals surface area contributed by atoms with Crippen molar-refractivity contribution in [3.8, 4) is 0 Å². The summed E-state index contributed by atoms with van der Waals surface area (Å²) in [5.41, 5.74) is 1.39. The van der Waals surface area contributed by atoms with Crippen LogP contribution in [0.5, 0.6) is 0 Å². The lowest BCUT2D eigenvalue weighted by Crippen LogP contribution is -2.23. The number of benzene rings is 1. The second-order valence-electron chi connectivity index (χ2n) is 4.65. The zero-order valence-electron chi connectivity index (χ0n) is 11.2. The Morgan fingerprint density at radius 2 is 1.45 bits per heavy atom. The lowest BCUT2D eigenvalue weighted by atomic mass is 10.1. The minimum Gasteiger partial charge on any atom is -0.305 e. The SMILES string of the molecule is c1ccc(CCNC(c2cccs2)c2cccs2)cc1. The van der Waals surface area contributed by atoms with Crippen LogP contribution in [0.4, 0.5) is 0 Å². The Hall–Kier alpha value is -1.42. The molecule has 20 heavy (non-hydrogen) atoms. The van der Waals surface area contributed by atoms with Gasteiger partial charge in [0.05, 0.1) is 6.04 Å². The van der Waals surface area contributed by atoms with E-state index in [1.807, 2.05) is 22.7 Å². The molecule has 102 valence electrons. The molecule has 0 unspecified atom stereocenters. The molecular formula is C17H17NS2. The highest BCUT2D eigenvalue weighted by Gasteiger charge is 2.15. The quantitative estimate of drug-likeness (QED) is 0.694. The maximum absolute atomic E-state index is 3.69. The molecule has 0 saturated heterocycles. The summed E-state index contributed by atoms with van der Waals surface area (Å²) in [5.74, 6) is 0. The Labute approximate surface area is 127 Å². The first-order valence-electron chi connectivity index (χ1n) is 6.77. The van der Waals surface area contributed by atoms with E-state index in [4.69, 9.17) is 0 Å². The number of thiophene rings is 2. The van der Waals surface area contributed by atoms with Crippen LogP contribution in [0.25, 0.3) is 0 Å². The Kier molecular flexibility index (Phi) is 4.64. The largest absolute Gasteiger partial charge is 0.305 e. The van der Waals surface area contributed by atoms with Crippen LogP contribution in [0, 0.1) is 0 Å². The molecule has 3 heteroatoms. The van der Waals surface area contributed by atoms with Gasteiger partial charge in [-0.25, -0.2) is 0 Å². The third kappa shape index (κ3) is 3.37. The minimum atomic E-state index is 0.332. The first-order chi connectivity index (χ1) is 9.93. The number of hydrogen-bond acceptors (Lipinski definition) is 3. The normalized spacial score (nSPS) is 11.1. The topological polar surface area (TPSA) is 12.0 Å². The van der Waals surface area contributed by atoms with E-state index in [-0.39, 0.29) is 0 Å². The summed E-state index contributed by atoms with van der Waals surface area (Å²) >= 11 is 3.64. The van der Waals surface area contributed by atoms with Gasteiger partial charge in [-0.3, -0.25) is 0 Å². The van der Waals surface area contributed by atoms with Gasteiger partial charge in [-0.1, -0.05) is 42.5 Å². The fourth-order valence-electron chi connectivity index (χ4n) is 2.26. The number of rotatable bonds is 6. The standard InChI is InChI=1S/C17H17NS2/c1-2-6-14(7-3-1)10-11-18-17(15-8-4-12-19-15)16-9-5-13-20-16/h1-9,12-13,17-18H,10-11H2. The molecule has 0 aliphatic heterocycles. The van der Waals surface area contributed by atoms with E-state index in [1.54, 1.807) is 0 Å². The first kappa shape index (κ1) is 13.6. The fourth-order valence-corrected chi connectivity index (χ4v) is 3.97. The van der Waals surface area contributed by atoms with Crippen LogP contribution in [0.2, 0.25) is 0 Å². The molecule has 0 bridgehead atoms. The second-order valence-corrected chi connectivity index (χ2v) is 6.61. The molecule has 2 aromatic heterocycles. The maximum Gasteiger partial charge on any atom is 0.0764 e. The van der Waals surface area contributed by atoms with E-state index in [0.29, 0.717) is 6.04 Å². The molecule has 0 fully saturated rings. The van der Waals surface area contributed by atoms with Crippen LogP contribution in [-0.4, -0.2) is 6.54 Å². The highest BCUT2D eigenvalue weighted by molar-refractivity contribution is 7.11. The number of nitrogens with one attached hydrogen (secondary N) is 1. The molecule has 0 saturated carbocycles. The molecular weight excluding hydrogens is 282 g/mol. The van der Waals surface area contributed by atoms with Gasteiger partial charge in [0.1, 0.15) is 0 Å². The molecule has 0 radical (unpaired) electrons. The summed E-state index contributed by atoms with van der Waals surface area (Å²) in [5, 5.41) is 7.99. The molecule has 3 aromatic rings. The summed E-state index contributed by atoms with van der Waals surface area (Å²) in [4.78, 5) is 2.78. The van der Waals surface area contributed by atoms with Crippen molar-refractivity contribution in [2.45, 2.75) is 12.5 Å². The number of hydrogen-bond donors (Lipinski definition) is 1. The molecule has 0 aliphatic rings. The molecule has 1 aromatic carbocycles. The van der Waals surface area contributed by atoms with Gasteiger partial charge in [-0.05, 0) is 34.9 Å². The van der Waals surface area contributed by atoms with Crippen LogP contribution in [0.15, 0.2) is 65.4 Å². The lowest BCUT2D eigenvalue weighted by molar-refractivity contribution is 0.621. The summed E-state index contributed by atoms with van der Waals surface area (Å²) in [6, 6.07) is 19.7. The van der Waals surface area contributed by atoms with Crippen LogP contribution < -0.4 is 5.32 Å². The Morgan fingerprint density at radius 3 is 2.00 bits per heavy atom. The zero-order chi connectivity index (χ0) is 13.6. The molecule has 3 rings (SSSR count). The summed E-state index contributed by atoms with van der Waals surface area (Å²) in [6.45, 7) is 0.991. The third-order valence-corrected chi connectivity index (χ3v) is 5.13. The average molecular weight is 299 g/mol. The monoisotopic (exact) mass is 299 g/mol. The predicted molar refractivity (Wildman–Crippen MR) is 88.6 cm³/mol. The van der Waals surface area contributed by atoms with Gasteiger partial charge < -0.3 is 5.32 Å². The highest BCUT2D eigenvalue weighted by atomic mass is 32.1. The van der Waals surface area contributed by atoms with Gasteiger partial charge >= 0.3 is 0 Å². The molecule has 1 nitrogen and oxygen atoms in total. The van der Waals surface area contributed by atoms with Crippen LogP contribution in [0.1, 0.15) is 21.4 Å². The van der Waals surface area contributed by atoms with Crippen LogP contribution in [-0.2, 0) is 6.42 Å². The van der Waals surface area contributed by atoms with Gasteiger partial charge in [0.25, 0.3) is 0 Å². The molecule has 0 spiro atoms. The van der Waals surface area contributed by atoms with Crippen LogP contribution in [0.3, 0.4) is 0 Å². The highest BCUT2D eigenvalue weighted by Crippen LogP contribution is 2.28. The molecule has 0 amide bonds. The van der Waals surface area contributed by atoms with Crippen molar-refractivity contribution < 1.29 is 0 Å². The smallest absolute Gasteiger partial charge is 0.0764 e. The Bertz CT molecular complexity index is 566. The summed E-state index contributed by atoms with van der Waals surface area (Å²) in [7, 11) is 0.